The Morgan fingerprint density at radius 3 is 2.78 bits per heavy atom. The molecule has 0 spiro atoms. The molecule has 0 aliphatic rings. The second-order valence-corrected chi connectivity index (χ2v) is 4.92. The van der Waals surface area contributed by atoms with Crippen molar-refractivity contribution in [3.05, 3.63) is 45.1 Å². The number of aldehydes is 1. The van der Waals surface area contributed by atoms with Crippen LogP contribution in [0.1, 0.15) is 15.2 Å². The first-order chi connectivity index (χ1) is 8.74. The maximum atomic E-state index is 10.7. The molecule has 0 aliphatic heterocycles. The van der Waals surface area contributed by atoms with Crippen LogP contribution in [0.3, 0.4) is 0 Å². The average molecular weight is 283 g/mol. The van der Waals surface area contributed by atoms with Gasteiger partial charge in [0.25, 0.3) is 0 Å². The largest absolute Gasteiger partial charge is 0.493 e. The Hall–Kier alpha value is -1.52. The fourth-order valence-electron chi connectivity index (χ4n) is 1.45. The predicted molar refractivity (Wildman–Crippen MR) is 72.0 cm³/mol. The lowest BCUT2D eigenvalue weighted by Crippen LogP contribution is -1.97. The van der Waals surface area contributed by atoms with Gasteiger partial charge in [-0.25, -0.2) is 0 Å². The van der Waals surface area contributed by atoms with Gasteiger partial charge in [-0.05, 0) is 29.6 Å². The van der Waals surface area contributed by atoms with Gasteiger partial charge in [0.15, 0.2) is 11.5 Å². The van der Waals surface area contributed by atoms with Crippen LogP contribution >= 0.6 is 22.9 Å². The van der Waals surface area contributed by atoms with E-state index in [9.17, 15) is 4.79 Å². The predicted octanol–water partition coefficient (Wildman–Crippen LogP) is 3.80. The fraction of sp³-hybridized carbons (Fsp3) is 0.154. The molecule has 1 aromatic carbocycles. The summed E-state index contributed by atoms with van der Waals surface area (Å²) in [4.78, 5) is 11.7. The highest BCUT2D eigenvalue weighted by atomic mass is 35.5. The van der Waals surface area contributed by atoms with Crippen LogP contribution in [0, 0.1) is 0 Å². The first-order valence-corrected chi connectivity index (χ1v) is 6.48. The third-order valence-electron chi connectivity index (χ3n) is 2.37. The lowest BCUT2D eigenvalue weighted by atomic mass is 10.2. The van der Waals surface area contributed by atoms with Crippen LogP contribution in [-0.4, -0.2) is 13.4 Å². The van der Waals surface area contributed by atoms with Crippen LogP contribution in [0.4, 0.5) is 0 Å². The van der Waals surface area contributed by atoms with E-state index in [0.717, 1.165) is 11.2 Å². The quantitative estimate of drug-likeness (QED) is 0.783. The van der Waals surface area contributed by atoms with Gasteiger partial charge in [0.1, 0.15) is 12.9 Å². The molecular weight excluding hydrogens is 272 g/mol. The summed E-state index contributed by atoms with van der Waals surface area (Å²) in [6.45, 7) is 0.356. The van der Waals surface area contributed by atoms with Crippen LogP contribution in [0.25, 0.3) is 0 Å². The minimum Gasteiger partial charge on any atom is -0.493 e. The number of hydrogen-bond acceptors (Lipinski definition) is 4. The molecular formula is C13H11ClO3S. The standard InChI is InChI=1S/C13H11ClO3S/c1-16-11-3-2-9(7-15)6-12(11)17-8-13-10(14)4-5-18-13/h2-7H,8H2,1H3. The van der Waals surface area contributed by atoms with E-state index in [4.69, 9.17) is 21.1 Å². The smallest absolute Gasteiger partial charge is 0.162 e. The van der Waals surface area contributed by atoms with Crippen molar-refractivity contribution in [3.8, 4) is 11.5 Å². The van der Waals surface area contributed by atoms with E-state index >= 15 is 0 Å². The molecule has 0 saturated carbocycles. The SMILES string of the molecule is COc1ccc(C=O)cc1OCc1sccc1Cl. The minimum atomic E-state index is 0.356. The number of carbonyl (C=O) groups excluding carboxylic acids is 1. The zero-order valence-electron chi connectivity index (χ0n) is 9.68. The van der Waals surface area contributed by atoms with Gasteiger partial charge in [0, 0.05) is 5.56 Å². The van der Waals surface area contributed by atoms with Crippen molar-refractivity contribution in [1.29, 1.82) is 0 Å². The molecule has 0 N–H and O–H groups in total. The van der Waals surface area contributed by atoms with Gasteiger partial charge >= 0.3 is 0 Å². The molecule has 3 nitrogen and oxygen atoms in total. The van der Waals surface area contributed by atoms with E-state index in [-0.39, 0.29) is 0 Å². The Morgan fingerprint density at radius 2 is 2.17 bits per heavy atom. The number of thiophene rings is 1. The molecule has 18 heavy (non-hydrogen) atoms. The van der Waals surface area contributed by atoms with E-state index in [0.29, 0.717) is 28.7 Å². The Kier molecular flexibility index (Phi) is 4.23. The Balaban J connectivity index is 2.17. The molecule has 94 valence electrons. The summed E-state index contributed by atoms with van der Waals surface area (Å²) in [6, 6.07) is 6.85. The highest BCUT2D eigenvalue weighted by Gasteiger charge is 2.08. The van der Waals surface area contributed by atoms with Crippen molar-refractivity contribution in [1.82, 2.24) is 0 Å². The average Bonchev–Trinajstić information content (AvgIpc) is 2.81. The van der Waals surface area contributed by atoms with E-state index in [1.54, 1.807) is 25.3 Å². The summed E-state index contributed by atoms with van der Waals surface area (Å²) in [7, 11) is 1.56. The summed E-state index contributed by atoms with van der Waals surface area (Å²) in [5.41, 5.74) is 0.545. The molecule has 1 heterocycles. The van der Waals surface area contributed by atoms with Gasteiger partial charge in [-0.1, -0.05) is 11.6 Å². The molecule has 0 atom stereocenters. The van der Waals surface area contributed by atoms with E-state index in [2.05, 4.69) is 0 Å². The third kappa shape index (κ3) is 2.83. The van der Waals surface area contributed by atoms with Crippen LogP contribution < -0.4 is 9.47 Å². The summed E-state index contributed by atoms with van der Waals surface area (Å²) in [5, 5.41) is 2.59. The van der Waals surface area contributed by atoms with E-state index < -0.39 is 0 Å². The second-order valence-electron chi connectivity index (χ2n) is 3.51. The van der Waals surface area contributed by atoms with E-state index in [1.165, 1.54) is 11.3 Å². The molecule has 0 aliphatic carbocycles. The number of rotatable bonds is 5. The summed E-state index contributed by atoms with van der Waals surface area (Å²) in [6.07, 6.45) is 0.768. The Morgan fingerprint density at radius 1 is 1.33 bits per heavy atom. The number of halogens is 1. The van der Waals surface area contributed by atoms with Gasteiger partial charge in [-0.15, -0.1) is 11.3 Å². The van der Waals surface area contributed by atoms with Crippen molar-refractivity contribution in [3.63, 3.8) is 0 Å². The van der Waals surface area contributed by atoms with Crippen molar-refractivity contribution in [2.24, 2.45) is 0 Å². The van der Waals surface area contributed by atoms with Crippen LogP contribution in [0.5, 0.6) is 11.5 Å². The van der Waals surface area contributed by atoms with Gasteiger partial charge in [-0.3, -0.25) is 4.79 Å². The van der Waals surface area contributed by atoms with E-state index in [1.807, 2.05) is 11.4 Å². The van der Waals surface area contributed by atoms with Gasteiger partial charge < -0.3 is 9.47 Å². The monoisotopic (exact) mass is 282 g/mol. The number of carbonyl (C=O) groups is 1. The van der Waals surface area contributed by atoms with Gasteiger partial charge in [-0.2, -0.15) is 0 Å². The molecule has 5 heteroatoms. The molecule has 2 rings (SSSR count). The normalized spacial score (nSPS) is 10.1. The summed E-state index contributed by atoms with van der Waals surface area (Å²) < 4.78 is 10.8. The van der Waals surface area contributed by atoms with Crippen molar-refractivity contribution >= 4 is 29.2 Å². The van der Waals surface area contributed by atoms with Crippen LogP contribution in [-0.2, 0) is 6.61 Å². The lowest BCUT2D eigenvalue weighted by molar-refractivity contribution is 0.112. The zero-order valence-corrected chi connectivity index (χ0v) is 11.3. The highest BCUT2D eigenvalue weighted by Crippen LogP contribution is 2.30. The van der Waals surface area contributed by atoms with Gasteiger partial charge in [0.05, 0.1) is 17.0 Å². The second kappa shape index (κ2) is 5.89. The first-order valence-electron chi connectivity index (χ1n) is 5.22. The lowest BCUT2D eigenvalue weighted by Gasteiger charge is -2.10. The highest BCUT2D eigenvalue weighted by molar-refractivity contribution is 7.10. The maximum Gasteiger partial charge on any atom is 0.162 e. The van der Waals surface area contributed by atoms with Crippen molar-refractivity contribution in [2.75, 3.05) is 7.11 Å². The molecule has 0 fully saturated rings. The number of hydrogen-bond donors (Lipinski definition) is 0. The fourth-order valence-corrected chi connectivity index (χ4v) is 2.45. The molecule has 0 amide bonds. The molecule has 0 unspecified atom stereocenters. The van der Waals surface area contributed by atoms with Crippen molar-refractivity contribution < 1.29 is 14.3 Å². The Labute approximate surface area is 114 Å². The molecule has 2 aromatic rings. The summed E-state index contributed by atoms with van der Waals surface area (Å²) >= 11 is 7.51. The zero-order chi connectivity index (χ0) is 13.0. The third-order valence-corrected chi connectivity index (χ3v) is 3.73. The Bertz CT molecular complexity index is 551. The number of ether oxygens (including phenoxy) is 2. The summed E-state index contributed by atoms with van der Waals surface area (Å²) in [5.74, 6) is 1.12. The molecule has 0 bridgehead atoms. The van der Waals surface area contributed by atoms with Crippen LogP contribution in [0.2, 0.25) is 5.02 Å². The molecule has 1 aromatic heterocycles. The van der Waals surface area contributed by atoms with Gasteiger partial charge in [0.2, 0.25) is 0 Å². The maximum absolute atomic E-state index is 10.7. The minimum absolute atomic E-state index is 0.356. The molecule has 0 radical (unpaired) electrons. The number of methoxy groups -OCH3 is 1. The topological polar surface area (TPSA) is 35.5 Å². The number of benzene rings is 1. The first kappa shape index (κ1) is 12.9. The van der Waals surface area contributed by atoms with Crippen LogP contribution in [0.15, 0.2) is 29.6 Å². The molecule has 0 saturated heterocycles. The van der Waals surface area contributed by atoms with Crippen molar-refractivity contribution in [2.45, 2.75) is 6.61 Å².